The fraction of sp³-hybridized carbons (Fsp3) is 0.158. The molecule has 0 unspecified atom stereocenters. The number of carbonyl (C=O) groups excluding carboxylic acids is 2. The SMILES string of the molecule is NC(=O)[C@H](C/C=C/c1ccccc1)NC(=O)Cc1ccc(F)cc1F. The molecule has 0 heterocycles. The molecule has 2 aromatic rings. The lowest BCUT2D eigenvalue weighted by molar-refractivity contribution is -0.126. The Kier molecular flexibility index (Phi) is 6.39. The van der Waals surface area contributed by atoms with Gasteiger partial charge in [0.1, 0.15) is 17.7 Å². The minimum absolute atomic E-state index is 0.0435. The van der Waals surface area contributed by atoms with Crippen molar-refractivity contribution in [2.45, 2.75) is 18.9 Å². The van der Waals surface area contributed by atoms with Crippen LogP contribution in [0.25, 0.3) is 6.08 Å². The molecule has 2 aromatic carbocycles. The molecule has 0 bridgehead atoms. The van der Waals surface area contributed by atoms with Crippen molar-refractivity contribution < 1.29 is 18.4 Å². The smallest absolute Gasteiger partial charge is 0.240 e. The Bertz CT molecular complexity index is 776. The number of rotatable bonds is 7. The summed E-state index contributed by atoms with van der Waals surface area (Å²) in [5.74, 6) is -2.79. The summed E-state index contributed by atoms with van der Waals surface area (Å²) in [5, 5.41) is 2.47. The molecule has 0 spiro atoms. The maximum atomic E-state index is 13.6. The van der Waals surface area contributed by atoms with E-state index in [0.29, 0.717) is 6.07 Å². The molecule has 1 atom stereocenters. The molecule has 0 aromatic heterocycles. The van der Waals surface area contributed by atoms with E-state index in [4.69, 9.17) is 5.73 Å². The van der Waals surface area contributed by atoms with Gasteiger partial charge in [-0.05, 0) is 23.6 Å². The van der Waals surface area contributed by atoms with Crippen LogP contribution in [0.3, 0.4) is 0 Å². The molecule has 0 fully saturated rings. The van der Waals surface area contributed by atoms with Crippen molar-refractivity contribution in [1.29, 1.82) is 0 Å². The molecular weight excluding hydrogens is 326 g/mol. The van der Waals surface area contributed by atoms with Gasteiger partial charge in [-0.25, -0.2) is 8.78 Å². The van der Waals surface area contributed by atoms with Gasteiger partial charge in [-0.15, -0.1) is 0 Å². The van der Waals surface area contributed by atoms with E-state index in [-0.39, 0.29) is 18.4 Å². The summed E-state index contributed by atoms with van der Waals surface area (Å²) in [5.41, 5.74) is 6.29. The molecule has 4 nitrogen and oxygen atoms in total. The van der Waals surface area contributed by atoms with Crippen LogP contribution in [0.1, 0.15) is 17.5 Å². The Labute approximate surface area is 144 Å². The highest BCUT2D eigenvalue weighted by molar-refractivity contribution is 5.87. The van der Waals surface area contributed by atoms with Gasteiger partial charge in [0, 0.05) is 6.07 Å². The number of hydrogen-bond donors (Lipinski definition) is 2. The van der Waals surface area contributed by atoms with Crippen molar-refractivity contribution >= 4 is 17.9 Å². The number of benzene rings is 2. The van der Waals surface area contributed by atoms with E-state index < -0.39 is 29.5 Å². The molecule has 130 valence electrons. The third kappa shape index (κ3) is 5.84. The van der Waals surface area contributed by atoms with Gasteiger partial charge in [-0.2, -0.15) is 0 Å². The number of nitrogens with two attached hydrogens (primary N) is 1. The maximum absolute atomic E-state index is 13.6. The Morgan fingerprint density at radius 3 is 2.48 bits per heavy atom. The van der Waals surface area contributed by atoms with Crippen LogP contribution in [0.2, 0.25) is 0 Å². The quantitative estimate of drug-likeness (QED) is 0.810. The summed E-state index contributed by atoms with van der Waals surface area (Å²) < 4.78 is 26.4. The van der Waals surface area contributed by atoms with Crippen LogP contribution < -0.4 is 11.1 Å². The Morgan fingerprint density at radius 1 is 1.12 bits per heavy atom. The van der Waals surface area contributed by atoms with Crippen LogP contribution in [0.15, 0.2) is 54.6 Å². The van der Waals surface area contributed by atoms with Crippen molar-refractivity contribution in [3.05, 3.63) is 77.4 Å². The lowest BCUT2D eigenvalue weighted by Crippen LogP contribution is -2.44. The first-order chi connectivity index (χ1) is 12.0. The molecule has 2 amide bonds. The zero-order valence-electron chi connectivity index (χ0n) is 13.4. The van der Waals surface area contributed by atoms with Crippen LogP contribution in [0.4, 0.5) is 8.78 Å². The average Bonchev–Trinajstić information content (AvgIpc) is 2.57. The highest BCUT2D eigenvalue weighted by atomic mass is 19.1. The third-order valence-corrected chi connectivity index (χ3v) is 3.53. The Balaban J connectivity index is 1.95. The summed E-state index contributed by atoms with van der Waals surface area (Å²) in [7, 11) is 0. The van der Waals surface area contributed by atoms with Gasteiger partial charge in [0.05, 0.1) is 6.42 Å². The number of nitrogens with one attached hydrogen (secondary N) is 1. The van der Waals surface area contributed by atoms with Crippen LogP contribution >= 0.6 is 0 Å². The number of hydrogen-bond acceptors (Lipinski definition) is 2. The van der Waals surface area contributed by atoms with E-state index >= 15 is 0 Å². The number of primary amides is 1. The molecule has 0 radical (unpaired) electrons. The van der Waals surface area contributed by atoms with Crippen molar-refractivity contribution in [2.24, 2.45) is 5.73 Å². The highest BCUT2D eigenvalue weighted by Crippen LogP contribution is 2.10. The summed E-state index contributed by atoms with van der Waals surface area (Å²) >= 11 is 0. The standard InChI is InChI=1S/C19H18F2N2O2/c20-15-10-9-14(16(21)12-15)11-18(24)23-17(19(22)25)8-4-7-13-5-2-1-3-6-13/h1-7,9-10,12,17H,8,11H2,(H2,22,25)(H,23,24)/b7-4+/t17-/m0/s1. The predicted molar refractivity (Wildman–Crippen MR) is 91.3 cm³/mol. The fourth-order valence-corrected chi connectivity index (χ4v) is 2.23. The van der Waals surface area contributed by atoms with E-state index in [1.54, 1.807) is 6.08 Å². The second-order valence-corrected chi connectivity index (χ2v) is 5.48. The molecule has 25 heavy (non-hydrogen) atoms. The fourth-order valence-electron chi connectivity index (χ4n) is 2.23. The van der Waals surface area contributed by atoms with Gasteiger partial charge < -0.3 is 11.1 Å². The zero-order chi connectivity index (χ0) is 18.2. The van der Waals surface area contributed by atoms with Crippen molar-refractivity contribution in [3.8, 4) is 0 Å². The Hall–Kier alpha value is -3.02. The second kappa shape index (κ2) is 8.73. The lowest BCUT2D eigenvalue weighted by atomic mass is 10.1. The normalized spacial score (nSPS) is 12.1. The maximum Gasteiger partial charge on any atom is 0.240 e. The molecule has 0 saturated heterocycles. The monoisotopic (exact) mass is 344 g/mol. The van der Waals surface area contributed by atoms with E-state index in [0.717, 1.165) is 11.6 Å². The third-order valence-electron chi connectivity index (χ3n) is 3.53. The molecule has 2 rings (SSSR count). The van der Waals surface area contributed by atoms with Gasteiger partial charge >= 0.3 is 0 Å². The first-order valence-corrected chi connectivity index (χ1v) is 7.70. The van der Waals surface area contributed by atoms with Gasteiger partial charge in [0.15, 0.2) is 0 Å². The van der Waals surface area contributed by atoms with Crippen molar-refractivity contribution in [3.63, 3.8) is 0 Å². The van der Waals surface area contributed by atoms with Crippen LogP contribution in [0, 0.1) is 11.6 Å². The van der Waals surface area contributed by atoms with E-state index in [1.165, 1.54) is 6.07 Å². The first-order valence-electron chi connectivity index (χ1n) is 7.70. The van der Waals surface area contributed by atoms with E-state index in [1.807, 2.05) is 36.4 Å². The lowest BCUT2D eigenvalue weighted by Gasteiger charge is -2.14. The summed E-state index contributed by atoms with van der Waals surface area (Å²) in [6, 6.07) is 11.5. The van der Waals surface area contributed by atoms with E-state index in [2.05, 4.69) is 5.32 Å². The molecule has 3 N–H and O–H groups in total. The van der Waals surface area contributed by atoms with E-state index in [9.17, 15) is 18.4 Å². The van der Waals surface area contributed by atoms with Gasteiger partial charge in [0.2, 0.25) is 11.8 Å². The molecule has 0 aliphatic heterocycles. The average molecular weight is 344 g/mol. The van der Waals surface area contributed by atoms with Gasteiger partial charge in [-0.3, -0.25) is 9.59 Å². The zero-order valence-corrected chi connectivity index (χ0v) is 13.4. The van der Waals surface area contributed by atoms with Gasteiger partial charge in [0.25, 0.3) is 0 Å². The van der Waals surface area contributed by atoms with Crippen molar-refractivity contribution in [1.82, 2.24) is 5.32 Å². The molecule has 0 aliphatic rings. The predicted octanol–water partition coefficient (Wildman–Crippen LogP) is 2.58. The Morgan fingerprint density at radius 2 is 1.84 bits per heavy atom. The number of amides is 2. The summed E-state index contributed by atoms with van der Waals surface area (Å²) in [6.07, 6.45) is 3.44. The molecule has 0 saturated carbocycles. The second-order valence-electron chi connectivity index (χ2n) is 5.48. The molecule has 6 heteroatoms. The minimum atomic E-state index is -0.907. The van der Waals surface area contributed by atoms with Gasteiger partial charge in [-0.1, -0.05) is 48.6 Å². The molecular formula is C19H18F2N2O2. The minimum Gasteiger partial charge on any atom is -0.368 e. The first kappa shape index (κ1) is 18.3. The summed E-state index contributed by atoms with van der Waals surface area (Å²) in [4.78, 5) is 23.5. The number of carbonyl (C=O) groups is 2. The van der Waals surface area contributed by atoms with Crippen LogP contribution in [0.5, 0.6) is 0 Å². The highest BCUT2D eigenvalue weighted by Gasteiger charge is 2.17. The van der Waals surface area contributed by atoms with Crippen LogP contribution in [-0.2, 0) is 16.0 Å². The van der Waals surface area contributed by atoms with Crippen LogP contribution in [-0.4, -0.2) is 17.9 Å². The number of halogens is 2. The summed E-state index contributed by atoms with van der Waals surface area (Å²) in [6.45, 7) is 0. The molecule has 0 aliphatic carbocycles. The largest absolute Gasteiger partial charge is 0.368 e. The van der Waals surface area contributed by atoms with Crippen molar-refractivity contribution in [2.75, 3.05) is 0 Å². The topological polar surface area (TPSA) is 72.2 Å².